The van der Waals surface area contributed by atoms with Crippen LogP contribution in [0.1, 0.15) is 54.4 Å². The molecule has 2 unspecified atom stereocenters. The quantitative estimate of drug-likeness (QED) is 0.568. The summed E-state index contributed by atoms with van der Waals surface area (Å²) in [5, 5.41) is 8.92. The number of rotatable bonds is 6. The molecule has 0 amide bonds. The Hall–Kier alpha value is -0.400. The highest BCUT2D eigenvalue weighted by molar-refractivity contribution is 4.70. The van der Waals surface area contributed by atoms with E-state index in [-0.39, 0.29) is 0 Å². The van der Waals surface area contributed by atoms with Gasteiger partial charge in [0.2, 0.25) is 0 Å². The number of nitrogens with zero attached hydrogens (tertiary/aromatic N) is 2. The van der Waals surface area contributed by atoms with Crippen molar-refractivity contribution >= 4 is 0 Å². The summed E-state index contributed by atoms with van der Waals surface area (Å²) in [6, 6.07) is 0.811. The second kappa shape index (κ2) is 6.97. The van der Waals surface area contributed by atoms with Gasteiger partial charge in [-0.3, -0.25) is 0 Å². The molecule has 0 rings (SSSR count). The van der Waals surface area contributed by atoms with Crippen molar-refractivity contribution in [2.24, 2.45) is 22.1 Å². The molecule has 0 aliphatic heterocycles. The molecule has 0 radical (unpaired) electrons. The predicted octanol–water partition coefficient (Wildman–Crippen LogP) is 4.31. The molecule has 0 aromatic carbocycles. The summed E-state index contributed by atoms with van der Waals surface area (Å²) in [7, 11) is 0. The van der Waals surface area contributed by atoms with Crippen LogP contribution in [-0.2, 0) is 0 Å². The van der Waals surface area contributed by atoms with Gasteiger partial charge in [-0.25, -0.2) is 0 Å². The van der Waals surface area contributed by atoms with Gasteiger partial charge >= 0.3 is 0 Å². The zero-order valence-corrected chi connectivity index (χ0v) is 10.6. The van der Waals surface area contributed by atoms with Gasteiger partial charge in [0.15, 0.2) is 0 Å². The second-order valence-corrected chi connectivity index (χ2v) is 4.67. The Morgan fingerprint density at radius 3 is 1.14 bits per heavy atom. The van der Waals surface area contributed by atoms with Gasteiger partial charge in [-0.1, -0.05) is 41.5 Å². The Balaban J connectivity index is 4.22. The van der Waals surface area contributed by atoms with Gasteiger partial charge in [0, 0.05) is 0 Å². The lowest BCUT2D eigenvalue weighted by Gasteiger charge is -2.16. The molecule has 0 aromatic rings. The van der Waals surface area contributed by atoms with Crippen molar-refractivity contribution in [3.8, 4) is 0 Å². The maximum absolute atomic E-state index is 4.46. The molecule has 2 heteroatoms. The minimum absolute atomic E-state index is 0.405. The number of hydrogen-bond donors (Lipinski definition) is 0. The molecule has 0 aliphatic carbocycles. The van der Waals surface area contributed by atoms with Crippen molar-refractivity contribution in [3.05, 3.63) is 0 Å². The van der Waals surface area contributed by atoms with Crippen LogP contribution >= 0.6 is 0 Å². The Morgan fingerprint density at radius 1 is 0.714 bits per heavy atom. The Labute approximate surface area is 89.2 Å². The fourth-order valence-electron chi connectivity index (χ4n) is 1.54. The predicted molar refractivity (Wildman–Crippen MR) is 62.7 cm³/mol. The summed E-state index contributed by atoms with van der Waals surface area (Å²) in [4.78, 5) is 0. The molecule has 2 atom stereocenters. The zero-order chi connectivity index (χ0) is 11.1. The summed E-state index contributed by atoms with van der Waals surface area (Å²) in [5.41, 5.74) is 0. The van der Waals surface area contributed by atoms with Crippen LogP contribution in [0.25, 0.3) is 0 Å². The first-order valence-corrected chi connectivity index (χ1v) is 5.92. The molecule has 0 saturated carbocycles. The highest BCUT2D eigenvalue weighted by Crippen LogP contribution is 2.15. The van der Waals surface area contributed by atoms with Crippen molar-refractivity contribution in [1.29, 1.82) is 0 Å². The van der Waals surface area contributed by atoms with E-state index in [0.29, 0.717) is 23.9 Å². The zero-order valence-electron chi connectivity index (χ0n) is 10.6. The standard InChI is InChI=1S/C12H26N2/c1-7-11(9(3)4)13-14-12(8-2)10(5)6/h9-12H,7-8H2,1-6H3. The maximum Gasteiger partial charge on any atom is 0.0728 e. The van der Waals surface area contributed by atoms with Crippen LogP contribution in [0.4, 0.5) is 0 Å². The van der Waals surface area contributed by atoms with E-state index in [0.717, 1.165) is 12.8 Å². The lowest BCUT2D eigenvalue weighted by molar-refractivity contribution is 0.412. The van der Waals surface area contributed by atoms with E-state index in [1.807, 2.05) is 0 Å². The van der Waals surface area contributed by atoms with E-state index in [9.17, 15) is 0 Å². The Bertz CT molecular complexity index is 144. The molecule has 0 spiro atoms. The third kappa shape index (κ3) is 4.73. The largest absolute Gasteiger partial charge is 0.190 e. The van der Waals surface area contributed by atoms with Gasteiger partial charge in [-0.15, -0.1) is 0 Å². The molecule has 0 N–H and O–H groups in total. The van der Waals surface area contributed by atoms with Gasteiger partial charge < -0.3 is 0 Å². The third-order valence-corrected chi connectivity index (χ3v) is 2.74. The highest BCUT2D eigenvalue weighted by Gasteiger charge is 2.12. The van der Waals surface area contributed by atoms with Crippen LogP contribution in [-0.4, -0.2) is 12.1 Å². The third-order valence-electron chi connectivity index (χ3n) is 2.74. The van der Waals surface area contributed by atoms with E-state index in [1.165, 1.54) is 0 Å². The highest BCUT2D eigenvalue weighted by atomic mass is 15.1. The van der Waals surface area contributed by atoms with E-state index in [2.05, 4.69) is 51.8 Å². The molecule has 0 fully saturated rings. The molecular weight excluding hydrogens is 172 g/mol. The second-order valence-electron chi connectivity index (χ2n) is 4.67. The van der Waals surface area contributed by atoms with Gasteiger partial charge in [-0.05, 0) is 24.7 Å². The van der Waals surface area contributed by atoms with E-state index >= 15 is 0 Å². The molecule has 0 heterocycles. The molecule has 84 valence electrons. The van der Waals surface area contributed by atoms with Crippen LogP contribution in [0.5, 0.6) is 0 Å². The van der Waals surface area contributed by atoms with Crippen molar-refractivity contribution in [3.63, 3.8) is 0 Å². The van der Waals surface area contributed by atoms with Crippen molar-refractivity contribution in [1.82, 2.24) is 0 Å². The molecule has 0 aromatic heterocycles. The molecule has 2 nitrogen and oxygen atoms in total. The monoisotopic (exact) mass is 198 g/mol. The van der Waals surface area contributed by atoms with Crippen molar-refractivity contribution < 1.29 is 0 Å². The van der Waals surface area contributed by atoms with E-state index in [1.54, 1.807) is 0 Å². The van der Waals surface area contributed by atoms with Crippen LogP contribution in [0.15, 0.2) is 10.2 Å². The fourth-order valence-corrected chi connectivity index (χ4v) is 1.54. The lowest BCUT2D eigenvalue weighted by Crippen LogP contribution is -2.15. The summed E-state index contributed by atoms with van der Waals surface area (Å²) >= 11 is 0. The average Bonchev–Trinajstić information content (AvgIpc) is 2.11. The van der Waals surface area contributed by atoms with Gasteiger partial charge in [0.05, 0.1) is 12.1 Å². The smallest absolute Gasteiger partial charge is 0.0728 e. The van der Waals surface area contributed by atoms with Crippen LogP contribution in [0.2, 0.25) is 0 Å². The van der Waals surface area contributed by atoms with Crippen LogP contribution in [0, 0.1) is 11.8 Å². The minimum Gasteiger partial charge on any atom is -0.190 e. The summed E-state index contributed by atoms with van der Waals surface area (Å²) in [6.45, 7) is 13.2. The number of hydrogen-bond acceptors (Lipinski definition) is 2. The SMILES string of the molecule is CCC(N=NC(CC)C(C)C)C(C)C. The normalized spacial score (nSPS) is 16.9. The topological polar surface area (TPSA) is 24.7 Å². The lowest BCUT2D eigenvalue weighted by atomic mass is 10.0. The van der Waals surface area contributed by atoms with Crippen LogP contribution in [0.3, 0.4) is 0 Å². The Morgan fingerprint density at radius 2 is 1.00 bits per heavy atom. The first-order valence-electron chi connectivity index (χ1n) is 5.92. The van der Waals surface area contributed by atoms with Gasteiger partial charge in [0.1, 0.15) is 0 Å². The molecule has 0 bridgehead atoms. The van der Waals surface area contributed by atoms with Crippen molar-refractivity contribution in [2.75, 3.05) is 0 Å². The summed E-state index contributed by atoms with van der Waals surface area (Å²) in [6.07, 6.45) is 2.19. The van der Waals surface area contributed by atoms with Crippen LogP contribution < -0.4 is 0 Å². The first kappa shape index (κ1) is 13.6. The minimum atomic E-state index is 0.405. The average molecular weight is 198 g/mol. The van der Waals surface area contributed by atoms with Gasteiger partial charge in [0.25, 0.3) is 0 Å². The molecule has 0 aliphatic rings. The maximum atomic E-state index is 4.46. The Kier molecular flexibility index (Phi) is 6.77. The van der Waals surface area contributed by atoms with E-state index in [4.69, 9.17) is 0 Å². The fraction of sp³-hybridized carbons (Fsp3) is 1.00. The molecule has 0 saturated heterocycles. The molecular formula is C12H26N2. The van der Waals surface area contributed by atoms with Crippen molar-refractivity contribution in [2.45, 2.75) is 66.5 Å². The summed E-state index contributed by atoms with van der Waals surface area (Å²) in [5.74, 6) is 1.21. The molecule has 14 heavy (non-hydrogen) atoms. The van der Waals surface area contributed by atoms with Gasteiger partial charge in [-0.2, -0.15) is 10.2 Å². The summed E-state index contributed by atoms with van der Waals surface area (Å²) < 4.78 is 0. The van der Waals surface area contributed by atoms with E-state index < -0.39 is 0 Å². The number of azo groups is 1. The first-order chi connectivity index (χ1) is 6.52.